The van der Waals surface area contributed by atoms with E-state index in [2.05, 4.69) is 0 Å². The summed E-state index contributed by atoms with van der Waals surface area (Å²) in [6.07, 6.45) is -4.32. The lowest BCUT2D eigenvalue weighted by Gasteiger charge is -2.18. The maximum atomic E-state index is 12.3. The van der Waals surface area contributed by atoms with Crippen LogP contribution < -0.4 is 5.73 Å². The molecule has 0 aliphatic rings. The molecule has 2 atom stereocenters. The lowest BCUT2D eigenvalue weighted by Crippen LogP contribution is -2.30. The van der Waals surface area contributed by atoms with E-state index in [1.54, 1.807) is 6.92 Å². The average molecular weight is 233 g/mol. The molecule has 0 bridgehead atoms. The topological polar surface area (TPSA) is 46.2 Å². The number of halogens is 3. The van der Waals surface area contributed by atoms with Crippen LogP contribution in [0.15, 0.2) is 24.3 Å². The first-order valence-electron chi connectivity index (χ1n) is 4.90. The van der Waals surface area contributed by atoms with Crippen LogP contribution in [-0.4, -0.2) is 17.8 Å². The minimum Gasteiger partial charge on any atom is -0.395 e. The minimum absolute atomic E-state index is 0.174. The number of nitrogens with two attached hydrogens (primary N) is 1. The molecular weight excluding hydrogens is 219 g/mol. The van der Waals surface area contributed by atoms with Gasteiger partial charge in [-0.1, -0.05) is 19.1 Å². The van der Waals surface area contributed by atoms with Gasteiger partial charge in [0.2, 0.25) is 0 Å². The van der Waals surface area contributed by atoms with E-state index in [0.717, 1.165) is 12.1 Å². The van der Waals surface area contributed by atoms with E-state index in [4.69, 9.17) is 10.8 Å². The first-order valence-corrected chi connectivity index (χ1v) is 4.90. The van der Waals surface area contributed by atoms with Crippen molar-refractivity contribution < 1.29 is 18.3 Å². The van der Waals surface area contributed by atoms with Crippen molar-refractivity contribution in [1.29, 1.82) is 0 Å². The molecule has 0 aliphatic heterocycles. The van der Waals surface area contributed by atoms with Crippen molar-refractivity contribution >= 4 is 0 Å². The molecule has 5 heteroatoms. The summed E-state index contributed by atoms with van der Waals surface area (Å²) < 4.78 is 36.8. The lowest BCUT2D eigenvalue weighted by molar-refractivity contribution is -0.137. The van der Waals surface area contributed by atoms with Gasteiger partial charge in [0.15, 0.2) is 0 Å². The second-order valence-corrected chi connectivity index (χ2v) is 3.75. The molecule has 0 saturated carbocycles. The minimum atomic E-state index is -4.32. The zero-order valence-corrected chi connectivity index (χ0v) is 8.83. The Morgan fingerprint density at radius 1 is 1.25 bits per heavy atom. The Morgan fingerprint density at radius 3 is 2.12 bits per heavy atom. The van der Waals surface area contributed by atoms with Crippen molar-refractivity contribution in [3.63, 3.8) is 0 Å². The molecule has 1 aromatic rings. The molecule has 2 nitrogen and oxygen atoms in total. The van der Waals surface area contributed by atoms with Crippen molar-refractivity contribution in [1.82, 2.24) is 0 Å². The number of aliphatic hydroxyl groups excluding tert-OH is 1. The SMILES string of the molecule is CC(c1ccc(C(F)(F)F)cc1)C(N)CO. The van der Waals surface area contributed by atoms with E-state index in [-0.39, 0.29) is 12.5 Å². The summed E-state index contributed by atoms with van der Waals surface area (Å²) in [7, 11) is 0. The van der Waals surface area contributed by atoms with Crippen LogP contribution in [0.4, 0.5) is 13.2 Å². The highest BCUT2D eigenvalue weighted by Gasteiger charge is 2.30. The molecule has 0 heterocycles. The van der Waals surface area contributed by atoms with E-state index in [0.29, 0.717) is 5.56 Å². The predicted octanol–water partition coefficient (Wildman–Crippen LogP) is 2.13. The number of aliphatic hydroxyl groups is 1. The first kappa shape index (κ1) is 13.0. The molecule has 0 fully saturated rings. The van der Waals surface area contributed by atoms with E-state index < -0.39 is 17.8 Å². The second kappa shape index (κ2) is 4.84. The van der Waals surface area contributed by atoms with Gasteiger partial charge in [0, 0.05) is 6.04 Å². The summed E-state index contributed by atoms with van der Waals surface area (Å²) in [5.41, 5.74) is 5.61. The zero-order valence-electron chi connectivity index (χ0n) is 8.83. The Hall–Kier alpha value is -1.07. The molecule has 2 unspecified atom stereocenters. The first-order chi connectivity index (χ1) is 7.36. The molecule has 1 aromatic carbocycles. The largest absolute Gasteiger partial charge is 0.416 e. The van der Waals surface area contributed by atoms with Crippen LogP contribution in [0, 0.1) is 0 Å². The summed E-state index contributed by atoms with van der Waals surface area (Å²) in [5.74, 6) is -0.174. The lowest BCUT2D eigenvalue weighted by atomic mass is 9.93. The second-order valence-electron chi connectivity index (χ2n) is 3.75. The quantitative estimate of drug-likeness (QED) is 0.840. The van der Waals surface area contributed by atoms with Gasteiger partial charge in [-0.3, -0.25) is 0 Å². The number of rotatable bonds is 3. The van der Waals surface area contributed by atoms with Crippen molar-refractivity contribution in [2.24, 2.45) is 5.73 Å². The molecule has 0 radical (unpaired) electrons. The van der Waals surface area contributed by atoms with Crippen LogP contribution in [0.5, 0.6) is 0 Å². The molecule has 1 rings (SSSR count). The summed E-state index contributed by atoms with van der Waals surface area (Å²) in [6, 6.07) is 4.37. The van der Waals surface area contributed by atoms with E-state index in [9.17, 15) is 13.2 Å². The summed E-state index contributed by atoms with van der Waals surface area (Å²) in [4.78, 5) is 0. The third-order valence-electron chi connectivity index (χ3n) is 2.62. The molecule has 90 valence electrons. The van der Waals surface area contributed by atoms with Gasteiger partial charge in [-0.2, -0.15) is 13.2 Å². The summed E-state index contributed by atoms with van der Waals surface area (Å²) in [5, 5.41) is 8.85. The molecule has 0 saturated heterocycles. The van der Waals surface area contributed by atoms with Crippen molar-refractivity contribution in [2.75, 3.05) is 6.61 Å². The van der Waals surface area contributed by atoms with E-state index in [1.807, 2.05) is 0 Å². The van der Waals surface area contributed by atoms with E-state index >= 15 is 0 Å². The Morgan fingerprint density at radius 2 is 1.75 bits per heavy atom. The smallest absolute Gasteiger partial charge is 0.395 e. The van der Waals surface area contributed by atoms with Gasteiger partial charge < -0.3 is 10.8 Å². The zero-order chi connectivity index (χ0) is 12.3. The van der Waals surface area contributed by atoms with Gasteiger partial charge in [0.1, 0.15) is 0 Å². The highest BCUT2D eigenvalue weighted by atomic mass is 19.4. The molecular formula is C11H14F3NO. The predicted molar refractivity (Wildman–Crippen MR) is 54.9 cm³/mol. The average Bonchev–Trinajstić information content (AvgIpc) is 2.26. The fourth-order valence-electron chi connectivity index (χ4n) is 1.38. The van der Waals surface area contributed by atoms with Gasteiger partial charge in [0.25, 0.3) is 0 Å². The Balaban J connectivity index is 2.87. The standard InChI is InChI=1S/C11H14F3NO/c1-7(10(15)6-16)8-2-4-9(5-3-8)11(12,13)14/h2-5,7,10,16H,6,15H2,1H3. The molecule has 0 spiro atoms. The molecule has 0 aliphatic carbocycles. The van der Waals surface area contributed by atoms with Crippen molar-refractivity contribution in [2.45, 2.75) is 25.1 Å². The van der Waals surface area contributed by atoms with Crippen LogP contribution in [-0.2, 0) is 6.18 Å². The Kier molecular flexibility index (Phi) is 3.93. The normalized spacial score (nSPS) is 15.9. The van der Waals surface area contributed by atoms with Gasteiger partial charge in [-0.25, -0.2) is 0 Å². The number of benzene rings is 1. The molecule has 0 aromatic heterocycles. The van der Waals surface area contributed by atoms with Crippen molar-refractivity contribution in [3.8, 4) is 0 Å². The maximum absolute atomic E-state index is 12.3. The van der Waals surface area contributed by atoms with Gasteiger partial charge in [0.05, 0.1) is 12.2 Å². The third-order valence-corrected chi connectivity index (χ3v) is 2.62. The summed E-state index contributed by atoms with van der Waals surface area (Å²) >= 11 is 0. The molecule has 3 N–H and O–H groups in total. The maximum Gasteiger partial charge on any atom is 0.416 e. The molecule has 0 amide bonds. The highest BCUT2D eigenvalue weighted by Crippen LogP contribution is 2.30. The van der Waals surface area contributed by atoms with Crippen LogP contribution in [0.3, 0.4) is 0 Å². The fourth-order valence-corrected chi connectivity index (χ4v) is 1.38. The van der Waals surface area contributed by atoms with Crippen molar-refractivity contribution in [3.05, 3.63) is 35.4 Å². The Bertz CT molecular complexity index is 334. The monoisotopic (exact) mass is 233 g/mol. The van der Waals surface area contributed by atoms with E-state index in [1.165, 1.54) is 12.1 Å². The number of hydrogen-bond acceptors (Lipinski definition) is 2. The van der Waals surface area contributed by atoms with Crippen LogP contribution in [0.25, 0.3) is 0 Å². The van der Waals surface area contributed by atoms with Gasteiger partial charge in [-0.15, -0.1) is 0 Å². The van der Waals surface area contributed by atoms with Crippen LogP contribution in [0.1, 0.15) is 24.0 Å². The number of hydrogen-bond donors (Lipinski definition) is 2. The fraction of sp³-hybridized carbons (Fsp3) is 0.455. The number of alkyl halides is 3. The van der Waals surface area contributed by atoms with Gasteiger partial charge >= 0.3 is 6.18 Å². The third kappa shape index (κ3) is 2.96. The van der Waals surface area contributed by atoms with Crippen LogP contribution >= 0.6 is 0 Å². The van der Waals surface area contributed by atoms with Crippen LogP contribution in [0.2, 0.25) is 0 Å². The van der Waals surface area contributed by atoms with Gasteiger partial charge in [-0.05, 0) is 23.6 Å². The Labute approximate surface area is 91.9 Å². The molecule has 16 heavy (non-hydrogen) atoms. The highest BCUT2D eigenvalue weighted by molar-refractivity contribution is 5.27. The summed E-state index contributed by atoms with van der Waals surface area (Å²) in [6.45, 7) is 1.58.